The molecule has 0 atom stereocenters. The molecule has 0 aromatic carbocycles. The molecule has 186 valence electrons. The van der Waals surface area contributed by atoms with Crippen molar-refractivity contribution in [1.29, 1.82) is 0 Å². The molecule has 0 aromatic heterocycles. The zero-order chi connectivity index (χ0) is 25.1. The molecule has 8 bridgehead atoms. The van der Waals surface area contributed by atoms with Crippen LogP contribution >= 0.6 is 67.8 Å². The predicted molar refractivity (Wildman–Crippen MR) is 179 cm³/mol. The first-order valence-electron chi connectivity index (χ1n) is 12.6. The van der Waals surface area contributed by atoms with Gasteiger partial charge >= 0.3 is 0 Å². The average molecular weight is 878 g/mol. The van der Waals surface area contributed by atoms with Gasteiger partial charge in [0.25, 0.3) is 0 Å². The summed E-state index contributed by atoms with van der Waals surface area (Å²) in [5, 5.41) is 0. The van der Waals surface area contributed by atoms with Gasteiger partial charge in [0, 0.05) is 25.1 Å². The van der Waals surface area contributed by atoms with Crippen molar-refractivity contribution in [3.8, 4) is 0 Å². The van der Waals surface area contributed by atoms with Crippen molar-refractivity contribution in [3.63, 3.8) is 0 Å². The Kier molecular flexibility index (Phi) is 10.9. The van der Waals surface area contributed by atoms with E-state index in [4.69, 9.17) is 20.0 Å². The van der Waals surface area contributed by atoms with Gasteiger partial charge in [0.15, 0.2) is 0 Å². The van der Waals surface area contributed by atoms with Crippen molar-refractivity contribution in [2.75, 3.05) is 0 Å². The van der Waals surface area contributed by atoms with Crippen LogP contribution in [0.25, 0.3) is 0 Å². The van der Waals surface area contributed by atoms with E-state index in [1.54, 1.807) is 0 Å². The molecular weight excluding hydrogens is 850 g/mol. The van der Waals surface area contributed by atoms with Crippen LogP contribution in [0.4, 0.5) is 0 Å². The van der Waals surface area contributed by atoms with E-state index in [-0.39, 0.29) is 19.5 Å². The summed E-state index contributed by atoms with van der Waals surface area (Å²) in [5.41, 5.74) is 9.01. The van der Waals surface area contributed by atoms with Gasteiger partial charge in [-0.3, -0.25) is 0 Å². The van der Waals surface area contributed by atoms with Crippen LogP contribution in [0.15, 0.2) is 108 Å². The molecule has 0 saturated carbocycles. The number of allylic oxidation sites excluding steroid dienone is 12. The molecule has 0 aliphatic carbocycles. The molecule has 37 heavy (non-hydrogen) atoms. The van der Waals surface area contributed by atoms with Gasteiger partial charge < -0.3 is 0 Å². The predicted octanol–water partition coefficient (Wildman–Crippen LogP) is 9.38. The summed E-state index contributed by atoms with van der Waals surface area (Å²) in [5.74, 6) is 0. The SMILES string of the molecule is CCCCCCCCCC1=C2C=CC(=N2)C(I)=C2C=CC(=N2)C(I)=C2C=CC(=N2)C(I)=C2C=CC1=N2.[Zn]. The van der Waals surface area contributed by atoms with E-state index in [2.05, 4.69) is 123 Å². The average Bonchev–Trinajstić information content (AvgIpc) is 3.69. The molecule has 8 heteroatoms. The number of hydrogen-bond acceptors (Lipinski definition) is 4. The fourth-order valence-corrected chi connectivity index (χ4v) is 6.36. The van der Waals surface area contributed by atoms with E-state index in [0.29, 0.717) is 0 Å². The van der Waals surface area contributed by atoms with Crippen LogP contribution in [0, 0.1) is 0 Å². The van der Waals surface area contributed by atoms with Gasteiger partial charge in [-0.25, -0.2) is 20.0 Å². The largest absolute Gasteiger partial charge is 0.247 e. The topological polar surface area (TPSA) is 49.4 Å². The third-order valence-electron chi connectivity index (χ3n) is 6.56. The Balaban J connectivity index is 0.00000320. The summed E-state index contributed by atoms with van der Waals surface area (Å²) in [6.07, 6.45) is 26.8. The number of fused-ring (bicyclic) bond motifs is 4. The maximum absolute atomic E-state index is 5.07. The number of unbranched alkanes of at least 4 members (excludes halogenated alkanes) is 6. The molecule has 0 fully saturated rings. The minimum Gasteiger partial charge on any atom is -0.247 e. The van der Waals surface area contributed by atoms with Crippen LogP contribution in [-0.4, -0.2) is 22.8 Å². The first-order valence-corrected chi connectivity index (χ1v) is 15.8. The summed E-state index contributed by atoms with van der Waals surface area (Å²) in [4.78, 5) is 20.0. The van der Waals surface area contributed by atoms with Gasteiger partial charge in [-0.1, -0.05) is 45.4 Å². The van der Waals surface area contributed by atoms with E-state index >= 15 is 0 Å². The summed E-state index contributed by atoms with van der Waals surface area (Å²) in [6, 6.07) is 0. The van der Waals surface area contributed by atoms with Crippen molar-refractivity contribution >= 4 is 90.6 Å². The Morgan fingerprint density at radius 2 is 0.865 bits per heavy atom. The fourth-order valence-electron chi connectivity index (χ4n) is 4.56. The maximum Gasteiger partial charge on any atom is 0.0793 e. The van der Waals surface area contributed by atoms with Crippen molar-refractivity contribution in [2.45, 2.75) is 58.3 Å². The van der Waals surface area contributed by atoms with Crippen molar-refractivity contribution in [1.82, 2.24) is 0 Å². The Labute approximate surface area is 273 Å². The Morgan fingerprint density at radius 1 is 0.486 bits per heavy atom. The molecule has 5 rings (SSSR count). The first kappa shape index (κ1) is 29.4. The van der Waals surface area contributed by atoms with Crippen LogP contribution < -0.4 is 0 Å². The molecule has 0 saturated heterocycles. The third kappa shape index (κ3) is 6.77. The van der Waals surface area contributed by atoms with E-state index in [1.165, 1.54) is 44.1 Å². The quantitative estimate of drug-likeness (QED) is 0.133. The van der Waals surface area contributed by atoms with Crippen LogP contribution in [0.3, 0.4) is 0 Å². The zero-order valence-electron chi connectivity index (χ0n) is 20.9. The first-order chi connectivity index (χ1) is 17.5. The number of rotatable bonds is 8. The zero-order valence-corrected chi connectivity index (χ0v) is 30.3. The molecule has 4 nitrogen and oxygen atoms in total. The Morgan fingerprint density at radius 3 is 1.38 bits per heavy atom. The molecule has 0 amide bonds. The Bertz CT molecular complexity index is 1360. The normalized spacial score (nSPS) is 19.8. The molecule has 5 aliphatic rings. The van der Waals surface area contributed by atoms with Crippen molar-refractivity contribution < 1.29 is 19.5 Å². The number of nitrogens with zero attached hydrogens (tertiary/aromatic N) is 4. The minimum atomic E-state index is 0. The number of halogens is 3. The molecule has 5 aliphatic heterocycles. The van der Waals surface area contributed by atoms with Gasteiger partial charge in [0.1, 0.15) is 0 Å². The maximum atomic E-state index is 5.07. The molecule has 0 N–H and O–H groups in total. The number of hydrogen-bond donors (Lipinski definition) is 0. The summed E-state index contributed by atoms with van der Waals surface area (Å²) < 4.78 is 3.17. The smallest absolute Gasteiger partial charge is 0.0793 e. The van der Waals surface area contributed by atoms with Gasteiger partial charge in [-0.2, -0.15) is 0 Å². The standard InChI is InChI=1S/C29H27I3N4.Zn/c1-2-3-4-5-6-7-8-9-18-19-10-12-21(33-19)27(30)23-14-16-25(35-23)29(32)26-17-15-24(36-26)28(31)22-13-11-20(18)34-22;/h10-17H,2-9H2,1H3;. The van der Waals surface area contributed by atoms with Gasteiger partial charge in [0.2, 0.25) is 0 Å². The van der Waals surface area contributed by atoms with Crippen molar-refractivity contribution in [2.24, 2.45) is 20.0 Å². The summed E-state index contributed by atoms with van der Waals surface area (Å²) >= 11 is 7.10. The third-order valence-corrected chi connectivity index (χ3v) is 9.87. The molecule has 0 radical (unpaired) electrons. The second-order valence-electron chi connectivity index (χ2n) is 9.15. The van der Waals surface area contributed by atoms with Crippen LogP contribution in [0.1, 0.15) is 58.3 Å². The molecular formula is C29H27I3N4Zn. The minimum absolute atomic E-state index is 0. The molecule has 0 aromatic rings. The van der Waals surface area contributed by atoms with Gasteiger partial charge in [-0.05, 0) is 129 Å². The second-order valence-corrected chi connectivity index (χ2v) is 12.4. The molecule has 0 spiro atoms. The van der Waals surface area contributed by atoms with Crippen LogP contribution in [-0.2, 0) is 19.5 Å². The van der Waals surface area contributed by atoms with Crippen molar-refractivity contribution in [3.05, 3.63) is 87.7 Å². The second kappa shape index (κ2) is 13.7. The fraction of sp³-hybridized carbons (Fsp3) is 0.310. The summed E-state index contributed by atoms with van der Waals surface area (Å²) in [7, 11) is 0. The van der Waals surface area contributed by atoms with Gasteiger partial charge in [0.05, 0.1) is 56.4 Å². The molecule has 5 heterocycles. The number of aliphatic imine (C=N–C) groups is 4. The van der Waals surface area contributed by atoms with Gasteiger partial charge in [-0.15, -0.1) is 0 Å². The van der Waals surface area contributed by atoms with Crippen LogP contribution in [0.5, 0.6) is 0 Å². The van der Waals surface area contributed by atoms with Crippen LogP contribution in [0.2, 0.25) is 0 Å². The van der Waals surface area contributed by atoms with E-state index in [1.807, 2.05) is 0 Å². The van der Waals surface area contributed by atoms with E-state index in [0.717, 1.165) is 69.2 Å². The molecule has 0 unspecified atom stereocenters. The summed E-state index contributed by atoms with van der Waals surface area (Å²) in [6.45, 7) is 2.27. The Hall–Kier alpha value is -0.587. The van der Waals surface area contributed by atoms with E-state index < -0.39 is 0 Å². The monoisotopic (exact) mass is 876 g/mol. The van der Waals surface area contributed by atoms with E-state index in [9.17, 15) is 0 Å².